The molecular weight excluding hydrogens is 695 g/mol. The molecule has 9 heteroatoms. The van der Waals surface area contributed by atoms with Gasteiger partial charge in [0, 0.05) is 64.3 Å². The van der Waals surface area contributed by atoms with Gasteiger partial charge in [0.1, 0.15) is 6.26 Å². The summed E-state index contributed by atoms with van der Waals surface area (Å²) in [5.74, 6) is 0. The molecule has 42 heavy (non-hydrogen) atoms. The minimum absolute atomic E-state index is 0.736. The van der Waals surface area contributed by atoms with Crippen LogP contribution in [0.4, 0.5) is 0 Å². The number of benzene rings is 2. The Morgan fingerprint density at radius 2 is 1.05 bits per heavy atom. The molecule has 2 heterocycles. The van der Waals surface area contributed by atoms with Crippen molar-refractivity contribution in [2.75, 3.05) is 59.7 Å². The van der Waals surface area contributed by atoms with Crippen LogP contribution in [0.3, 0.4) is 0 Å². The van der Waals surface area contributed by atoms with Gasteiger partial charge in [-0.2, -0.15) is 0 Å². The number of nitrogens with zero attached hydrogens (tertiary/aromatic N) is 2. The molecule has 0 radical (unpaired) electrons. The van der Waals surface area contributed by atoms with Gasteiger partial charge in [-0.3, -0.25) is 0 Å². The summed E-state index contributed by atoms with van der Waals surface area (Å²) in [7, 11) is 1.85. The van der Waals surface area contributed by atoms with Crippen molar-refractivity contribution < 1.29 is 14.0 Å². The van der Waals surface area contributed by atoms with Crippen LogP contribution in [-0.2, 0) is 25.8 Å². The molecule has 0 aromatic heterocycles. The van der Waals surface area contributed by atoms with E-state index in [0.29, 0.717) is 0 Å². The molecule has 2 saturated heterocycles. The van der Waals surface area contributed by atoms with Gasteiger partial charge in [0.05, 0.1) is 26.4 Å². The molecule has 1 atom stereocenters. The molecule has 1 unspecified atom stereocenters. The number of rotatable bonds is 7. The van der Waals surface area contributed by atoms with Crippen LogP contribution in [-0.4, -0.2) is 69.5 Å². The lowest BCUT2D eigenvalue weighted by Gasteiger charge is -2.36. The van der Waals surface area contributed by atoms with Crippen molar-refractivity contribution in [3.63, 3.8) is 0 Å². The van der Waals surface area contributed by atoms with Gasteiger partial charge in [-0.1, -0.05) is 67.9 Å². The standard InChI is InChI=1S/C33H37Br2N2O3PS/c1-38-41(42,30-12-6-26(22-24-2-8-28(34)9-3-24)32(30)36-14-18-39-19-15-36)31-13-7-27(23-25-4-10-29(35)11-5-25)33(31)37-16-20-40-21-17-37/h2-5,8-11,22-23H,6-7,12-21H2,1H3/b26-22-,27-23+. The highest BCUT2D eigenvalue weighted by Gasteiger charge is 2.41. The van der Waals surface area contributed by atoms with E-state index in [4.69, 9.17) is 25.8 Å². The van der Waals surface area contributed by atoms with Gasteiger partial charge in [-0.25, -0.2) is 0 Å². The molecule has 0 amide bonds. The predicted molar refractivity (Wildman–Crippen MR) is 183 cm³/mol. The number of hydrogen-bond acceptors (Lipinski definition) is 6. The Balaban J connectivity index is 1.49. The van der Waals surface area contributed by atoms with E-state index in [1.807, 2.05) is 7.11 Å². The van der Waals surface area contributed by atoms with Crippen LogP contribution in [0.25, 0.3) is 12.2 Å². The van der Waals surface area contributed by atoms with E-state index in [1.54, 1.807) is 0 Å². The molecule has 0 spiro atoms. The van der Waals surface area contributed by atoms with Crippen LogP contribution in [0, 0.1) is 0 Å². The number of morpholine rings is 2. The Bertz CT molecular complexity index is 1360. The fourth-order valence-electron chi connectivity index (χ4n) is 6.45. The first kappa shape index (κ1) is 30.5. The van der Waals surface area contributed by atoms with E-state index in [-0.39, 0.29) is 0 Å². The Morgan fingerprint density at radius 1 is 0.667 bits per heavy atom. The zero-order valence-corrected chi connectivity index (χ0v) is 28.9. The lowest BCUT2D eigenvalue weighted by Crippen LogP contribution is -2.36. The van der Waals surface area contributed by atoms with Crippen molar-refractivity contribution in [1.82, 2.24) is 9.80 Å². The fraction of sp³-hybridized carbons (Fsp3) is 0.394. The summed E-state index contributed by atoms with van der Waals surface area (Å²) >= 11 is 13.9. The molecule has 0 bridgehead atoms. The Kier molecular flexibility index (Phi) is 9.91. The van der Waals surface area contributed by atoms with E-state index >= 15 is 0 Å². The molecule has 0 saturated carbocycles. The summed E-state index contributed by atoms with van der Waals surface area (Å²) in [6.07, 6.45) is 6.01. The van der Waals surface area contributed by atoms with Gasteiger partial charge in [0.25, 0.3) is 0 Å². The van der Waals surface area contributed by atoms with Crippen molar-refractivity contribution in [2.45, 2.75) is 25.7 Å². The van der Waals surface area contributed by atoms with Crippen molar-refractivity contribution in [2.24, 2.45) is 0 Å². The highest BCUT2D eigenvalue weighted by molar-refractivity contribution is 9.10. The van der Waals surface area contributed by atoms with Gasteiger partial charge in [0.2, 0.25) is 0 Å². The maximum absolute atomic E-state index is 6.78. The summed E-state index contributed by atoms with van der Waals surface area (Å²) in [4.78, 5) is 5.03. The molecule has 4 aliphatic rings. The lowest BCUT2D eigenvalue weighted by atomic mass is 10.1. The topological polar surface area (TPSA) is 34.2 Å². The number of hydrogen-bond donors (Lipinski definition) is 0. The molecule has 2 aliphatic heterocycles. The first-order chi connectivity index (χ1) is 20.5. The second-order valence-electron chi connectivity index (χ2n) is 11.0. The van der Waals surface area contributed by atoms with Crippen LogP contribution in [0.5, 0.6) is 0 Å². The first-order valence-corrected chi connectivity index (χ1v) is 19.0. The maximum Gasteiger partial charge on any atom is 0.119 e. The van der Waals surface area contributed by atoms with Crippen molar-refractivity contribution in [3.05, 3.63) is 102 Å². The molecule has 2 aliphatic carbocycles. The summed E-state index contributed by atoms with van der Waals surface area (Å²) < 4.78 is 20.3. The zero-order valence-electron chi connectivity index (χ0n) is 24.0. The quantitative estimate of drug-likeness (QED) is 0.266. The average Bonchev–Trinajstić information content (AvgIpc) is 3.65. The molecule has 6 rings (SSSR count). The lowest BCUT2D eigenvalue weighted by molar-refractivity contribution is 0.0547. The second kappa shape index (κ2) is 13.6. The molecule has 5 nitrogen and oxygen atoms in total. The smallest absolute Gasteiger partial charge is 0.119 e. The van der Waals surface area contributed by atoms with E-state index in [2.05, 4.69) is 102 Å². The Hall–Kier alpha value is -1.51. The van der Waals surface area contributed by atoms with Crippen LogP contribution >= 0.6 is 38.1 Å². The molecule has 2 aromatic rings. The average molecular weight is 733 g/mol. The van der Waals surface area contributed by atoms with Gasteiger partial charge in [-0.15, -0.1) is 0 Å². The van der Waals surface area contributed by atoms with Gasteiger partial charge >= 0.3 is 0 Å². The van der Waals surface area contributed by atoms with Crippen molar-refractivity contribution in [1.29, 1.82) is 0 Å². The van der Waals surface area contributed by atoms with Crippen LogP contribution in [0.1, 0.15) is 36.8 Å². The third-order valence-corrected chi connectivity index (χ3v) is 14.1. The summed E-state index contributed by atoms with van der Waals surface area (Å²) in [6, 6.07) is 17.1. The second-order valence-corrected chi connectivity index (χ2v) is 16.9. The van der Waals surface area contributed by atoms with E-state index in [9.17, 15) is 0 Å². The number of allylic oxidation sites excluding steroid dienone is 4. The van der Waals surface area contributed by atoms with Crippen LogP contribution in [0.15, 0.2) is 90.6 Å². The molecule has 222 valence electrons. The van der Waals surface area contributed by atoms with E-state index in [0.717, 1.165) is 87.2 Å². The Labute approximate surface area is 271 Å². The minimum atomic E-state index is -2.51. The SMILES string of the molecule is COP(=S)(C1=C(N2CCOCC2)/C(=C\c2ccc(Br)cc2)CC1)C1=C(N2CCOCC2)/C(=C/c2ccc(Br)cc2)CC1. The third-order valence-electron chi connectivity index (χ3n) is 8.46. The number of ether oxygens (including phenoxy) is 2. The van der Waals surface area contributed by atoms with Gasteiger partial charge in [-0.05, 0) is 84.4 Å². The van der Waals surface area contributed by atoms with Crippen molar-refractivity contribution >= 4 is 62.1 Å². The first-order valence-electron chi connectivity index (χ1n) is 14.7. The molecule has 2 aromatic carbocycles. The highest BCUT2D eigenvalue weighted by Crippen LogP contribution is 2.70. The minimum Gasteiger partial charge on any atom is -0.378 e. The zero-order chi connectivity index (χ0) is 29.1. The predicted octanol–water partition coefficient (Wildman–Crippen LogP) is 8.39. The largest absolute Gasteiger partial charge is 0.378 e. The van der Waals surface area contributed by atoms with Gasteiger partial charge < -0.3 is 23.8 Å². The Morgan fingerprint density at radius 3 is 1.40 bits per heavy atom. The summed E-state index contributed by atoms with van der Waals surface area (Å²) in [5.41, 5.74) is 7.76. The molecule has 2 fully saturated rings. The monoisotopic (exact) mass is 730 g/mol. The van der Waals surface area contributed by atoms with Crippen molar-refractivity contribution in [3.8, 4) is 0 Å². The van der Waals surface area contributed by atoms with Crippen LogP contribution < -0.4 is 0 Å². The van der Waals surface area contributed by atoms with Crippen LogP contribution in [0.2, 0.25) is 0 Å². The van der Waals surface area contributed by atoms with E-state index < -0.39 is 6.26 Å². The summed E-state index contributed by atoms with van der Waals surface area (Å²) in [6.45, 7) is 6.44. The normalized spacial score (nSPS) is 23.4. The molecular formula is C33H37Br2N2O3PS. The maximum atomic E-state index is 6.78. The fourth-order valence-corrected chi connectivity index (χ4v) is 10.8. The van der Waals surface area contributed by atoms with Gasteiger partial charge in [0.15, 0.2) is 0 Å². The summed E-state index contributed by atoms with van der Waals surface area (Å²) in [5, 5.41) is 2.66. The molecule has 0 N–H and O–H groups in total. The highest BCUT2D eigenvalue weighted by atomic mass is 79.9. The third kappa shape index (κ3) is 6.46. The number of halogens is 2. The van der Waals surface area contributed by atoms with E-state index in [1.165, 1.54) is 44.3 Å².